The van der Waals surface area contributed by atoms with Gasteiger partial charge >= 0.3 is 0 Å². The van der Waals surface area contributed by atoms with Gasteiger partial charge in [-0.1, -0.05) is 0 Å². The highest BCUT2D eigenvalue weighted by atomic mass is 16.6. The molecule has 0 saturated heterocycles. The number of aromatic amines is 1. The molecule has 0 spiro atoms. The van der Waals surface area contributed by atoms with Crippen molar-refractivity contribution in [1.29, 1.82) is 0 Å². The first kappa shape index (κ1) is 13.6. The molecule has 2 aromatic heterocycles. The average molecular weight is 299 g/mol. The van der Waals surface area contributed by atoms with Crippen LogP contribution in [0.3, 0.4) is 0 Å². The minimum Gasteiger partial charge on any atom is -0.504 e. The molecule has 2 heterocycles. The van der Waals surface area contributed by atoms with Crippen molar-refractivity contribution in [3.63, 3.8) is 0 Å². The van der Waals surface area contributed by atoms with E-state index in [9.17, 15) is 20.0 Å². The second kappa shape index (κ2) is 5.17. The number of aliphatic hydroxyl groups is 1. The Morgan fingerprint density at radius 2 is 2.23 bits per heavy atom. The van der Waals surface area contributed by atoms with E-state index in [2.05, 4.69) is 9.97 Å². The fraction of sp³-hybridized carbons (Fsp3) is 0. The van der Waals surface area contributed by atoms with Gasteiger partial charge in [-0.2, -0.15) is 0 Å². The van der Waals surface area contributed by atoms with Gasteiger partial charge in [-0.15, -0.1) is 0 Å². The zero-order chi connectivity index (χ0) is 15.7. The SMILES string of the molecule is O=c1[nH]c2cc([N+](=O)[O-])ccc2nc1/C=C(/O)c1ccco1. The molecule has 0 aliphatic rings. The van der Waals surface area contributed by atoms with Gasteiger partial charge in [0, 0.05) is 18.2 Å². The normalized spacial score (nSPS) is 11.7. The van der Waals surface area contributed by atoms with Gasteiger partial charge in [0.1, 0.15) is 5.69 Å². The van der Waals surface area contributed by atoms with E-state index in [0.29, 0.717) is 5.52 Å². The number of nitrogens with zero attached hydrogens (tertiary/aromatic N) is 2. The van der Waals surface area contributed by atoms with E-state index in [1.807, 2.05) is 0 Å². The lowest BCUT2D eigenvalue weighted by atomic mass is 10.2. The summed E-state index contributed by atoms with van der Waals surface area (Å²) in [6.07, 6.45) is 2.55. The lowest BCUT2D eigenvalue weighted by molar-refractivity contribution is -0.384. The van der Waals surface area contributed by atoms with E-state index < -0.39 is 10.5 Å². The molecule has 2 N–H and O–H groups in total. The second-order valence-electron chi connectivity index (χ2n) is 4.42. The van der Waals surface area contributed by atoms with Gasteiger partial charge in [-0.3, -0.25) is 14.9 Å². The summed E-state index contributed by atoms with van der Waals surface area (Å²) in [5, 5.41) is 20.6. The van der Waals surface area contributed by atoms with E-state index in [0.717, 1.165) is 0 Å². The molecule has 0 bridgehead atoms. The fourth-order valence-electron chi connectivity index (χ4n) is 1.92. The molecule has 8 heteroatoms. The average Bonchev–Trinajstić information content (AvgIpc) is 3.01. The van der Waals surface area contributed by atoms with Crippen molar-refractivity contribution in [3.8, 4) is 0 Å². The number of fused-ring (bicyclic) bond motifs is 1. The van der Waals surface area contributed by atoms with Gasteiger partial charge in [0.05, 0.1) is 22.2 Å². The van der Waals surface area contributed by atoms with Crippen LogP contribution >= 0.6 is 0 Å². The minimum absolute atomic E-state index is 0.0322. The van der Waals surface area contributed by atoms with Crippen molar-refractivity contribution in [2.45, 2.75) is 0 Å². The third kappa shape index (κ3) is 2.44. The Morgan fingerprint density at radius 3 is 2.91 bits per heavy atom. The maximum atomic E-state index is 11.9. The van der Waals surface area contributed by atoms with Crippen LogP contribution < -0.4 is 5.56 Å². The molecule has 22 heavy (non-hydrogen) atoms. The summed E-state index contributed by atoms with van der Waals surface area (Å²) in [5.74, 6) is -0.0470. The van der Waals surface area contributed by atoms with E-state index in [1.54, 1.807) is 6.07 Å². The summed E-state index contributed by atoms with van der Waals surface area (Å²) in [6, 6.07) is 7.06. The molecule has 3 rings (SSSR count). The zero-order valence-electron chi connectivity index (χ0n) is 11.0. The molecule has 0 radical (unpaired) electrons. The van der Waals surface area contributed by atoms with Crippen molar-refractivity contribution in [1.82, 2.24) is 9.97 Å². The molecule has 0 saturated carbocycles. The lowest BCUT2D eigenvalue weighted by Crippen LogP contribution is -2.12. The zero-order valence-corrected chi connectivity index (χ0v) is 11.0. The highest BCUT2D eigenvalue weighted by molar-refractivity contribution is 5.79. The molecule has 0 amide bonds. The number of non-ortho nitro benzene ring substituents is 1. The van der Waals surface area contributed by atoms with Crippen LogP contribution in [0.1, 0.15) is 11.5 Å². The van der Waals surface area contributed by atoms with E-state index in [4.69, 9.17) is 4.42 Å². The molecule has 0 atom stereocenters. The summed E-state index contributed by atoms with van der Waals surface area (Å²) in [5.41, 5.74) is -0.148. The topological polar surface area (TPSA) is 122 Å². The molecule has 0 unspecified atom stereocenters. The van der Waals surface area contributed by atoms with Crippen LogP contribution in [0.25, 0.3) is 22.9 Å². The van der Waals surface area contributed by atoms with Gasteiger partial charge in [0.15, 0.2) is 11.5 Å². The predicted molar refractivity (Wildman–Crippen MR) is 78.2 cm³/mol. The van der Waals surface area contributed by atoms with Crippen LogP contribution in [0.15, 0.2) is 45.8 Å². The molecular weight excluding hydrogens is 290 g/mol. The van der Waals surface area contributed by atoms with Crippen LogP contribution in [0.2, 0.25) is 0 Å². The number of nitrogens with one attached hydrogen (secondary N) is 1. The first-order valence-corrected chi connectivity index (χ1v) is 6.17. The summed E-state index contributed by atoms with van der Waals surface area (Å²) in [6.45, 7) is 0. The van der Waals surface area contributed by atoms with Gasteiger partial charge in [0.25, 0.3) is 11.2 Å². The minimum atomic E-state index is -0.578. The molecule has 8 nitrogen and oxygen atoms in total. The van der Waals surface area contributed by atoms with Crippen LogP contribution in [0.4, 0.5) is 5.69 Å². The quantitative estimate of drug-likeness (QED) is 0.435. The predicted octanol–water partition coefficient (Wildman–Crippen LogP) is 2.48. The molecule has 1 aromatic carbocycles. The van der Waals surface area contributed by atoms with E-state index >= 15 is 0 Å². The van der Waals surface area contributed by atoms with Gasteiger partial charge in [0.2, 0.25) is 0 Å². The van der Waals surface area contributed by atoms with Crippen molar-refractivity contribution in [2.75, 3.05) is 0 Å². The number of hydrogen-bond donors (Lipinski definition) is 2. The second-order valence-corrected chi connectivity index (χ2v) is 4.42. The molecule has 3 aromatic rings. The fourth-order valence-corrected chi connectivity index (χ4v) is 1.92. The van der Waals surface area contributed by atoms with Crippen LogP contribution in [0, 0.1) is 10.1 Å². The summed E-state index contributed by atoms with van der Waals surface area (Å²) >= 11 is 0. The molecule has 0 fully saturated rings. The van der Waals surface area contributed by atoms with Gasteiger partial charge < -0.3 is 14.5 Å². The Balaban J connectivity index is 2.10. The number of hydrogen-bond acceptors (Lipinski definition) is 6. The third-order valence-electron chi connectivity index (χ3n) is 2.96. The number of nitro benzene ring substituents is 1. The van der Waals surface area contributed by atoms with Crippen LogP contribution in [-0.4, -0.2) is 20.0 Å². The summed E-state index contributed by atoms with van der Waals surface area (Å²) < 4.78 is 5.00. The number of H-pyrrole nitrogens is 1. The lowest BCUT2D eigenvalue weighted by Gasteiger charge is -2.00. The Kier molecular flexibility index (Phi) is 3.18. The number of benzene rings is 1. The largest absolute Gasteiger partial charge is 0.504 e. The van der Waals surface area contributed by atoms with Crippen LogP contribution in [-0.2, 0) is 0 Å². The molecule has 0 aliphatic carbocycles. The highest BCUT2D eigenvalue weighted by Crippen LogP contribution is 2.18. The number of aromatic nitrogens is 2. The van der Waals surface area contributed by atoms with Crippen molar-refractivity contribution >= 4 is 28.6 Å². The summed E-state index contributed by atoms with van der Waals surface area (Å²) in [7, 11) is 0. The standard InChI is InChI=1S/C14H9N3O5/c18-12(13-2-1-5-22-13)7-11-14(19)16-10-6-8(17(20)21)3-4-9(10)15-11/h1-7,18H,(H,16,19)/b12-7+. The van der Waals surface area contributed by atoms with E-state index in [-0.39, 0.29) is 28.4 Å². The molecule has 110 valence electrons. The first-order chi connectivity index (χ1) is 10.5. The number of nitro groups is 1. The van der Waals surface area contributed by atoms with Crippen molar-refractivity contribution in [3.05, 3.63) is 68.5 Å². The highest BCUT2D eigenvalue weighted by Gasteiger charge is 2.10. The first-order valence-electron chi connectivity index (χ1n) is 6.17. The maximum Gasteiger partial charge on any atom is 0.274 e. The molecule has 0 aliphatic heterocycles. The van der Waals surface area contributed by atoms with Crippen molar-refractivity contribution < 1.29 is 14.4 Å². The Labute approximate surface area is 122 Å². The van der Waals surface area contributed by atoms with Gasteiger partial charge in [-0.25, -0.2) is 4.98 Å². The van der Waals surface area contributed by atoms with E-state index in [1.165, 1.54) is 36.6 Å². The maximum absolute atomic E-state index is 11.9. The molecular formula is C14H9N3O5. The number of rotatable bonds is 3. The Bertz CT molecular complexity index is 941. The smallest absolute Gasteiger partial charge is 0.274 e. The van der Waals surface area contributed by atoms with Crippen molar-refractivity contribution in [2.24, 2.45) is 0 Å². The number of furan rings is 1. The Morgan fingerprint density at radius 1 is 1.41 bits per heavy atom. The number of aliphatic hydroxyl groups excluding tert-OH is 1. The third-order valence-corrected chi connectivity index (χ3v) is 2.96. The van der Waals surface area contributed by atoms with Crippen LogP contribution in [0.5, 0.6) is 0 Å². The monoisotopic (exact) mass is 299 g/mol. The van der Waals surface area contributed by atoms with Gasteiger partial charge in [-0.05, 0) is 18.2 Å². The Hall–Kier alpha value is -3.42. The summed E-state index contributed by atoms with van der Waals surface area (Å²) in [4.78, 5) is 28.7.